The number of nitrogens with zero attached hydrogens (tertiary/aromatic N) is 1. The van der Waals surface area contributed by atoms with Crippen LogP contribution in [0.15, 0.2) is 16.5 Å². The Hall–Kier alpha value is -2.50. The molecule has 23 heavy (non-hydrogen) atoms. The van der Waals surface area contributed by atoms with Crippen molar-refractivity contribution >= 4 is 11.8 Å². The first-order valence-corrected chi connectivity index (χ1v) is 7.58. The van der Waals surface area contributed by atoms with Crippen LogP contribution >= 0.6 is 0 Å². The van der Waals surface area contributed by atoms with Gasteiger partial charge in [0.05, 0.1) is 11.1 Å². The molecule has 2 rings (SSSR count). The average molecular weight is 317 g/mol. The third kappa shape index (κ3) is 3.31. The molecule has 6 heteroatoms. The Morgan fingerprint density at radius 3 is 2.00 bits per heavy atom. The minimum absolute atomic E-state index is 0.266. The van der Waals surface area contributed by atoms with Crippen LogP contribution in [0.3, 0.4) is 0 Å². The highest BCUT2D eigenvalue weighted by atomic mass is 16.3. The van der Waals surface area contributed by atoms with Crippen LogP contribution in [-0.2, 0) is 0 Å². The molecule has 0 aliphatic heterocycles. The van der Waals surface area contributed by atoms with E-state index in [0.717, 1.165) is 11.4 Å². The molecule has 0 radical (unpaired) electrons. The third-order valence-electron chi connectivity index (χ3n) is 3.82. The number of furan rings is 1. The number of carbonyl (C=O) groups excluding carboxylic acids is 2. The van der Waals surface area contributed by atoms with Crippen LogP contribution in [0.2, 0.25) is 0 Å². The van der Waals surface area contributed by atoms with E-state index < -0.39 is 5.91 Å². The van der Waals surface area contributed by atoms with Gasteiger partial charge in [-0.15, -0.1) is 0 Å². The van der Waals surface area contributed by atoms with E-state index in [-0.39, 0.29) is 11.9 Å². The van der Waals surface area contributed by atoms with Gasteiger partial charge in [-0.25, -0.2) is 0 Å². The normalized spacial score (nSPS) is 10.9. The highest BCUT2D eigenvalue weighted by Crippen LogP contribution is 2.20. The lowest BCUT2D eigenvalue weighted by atomic mass is 10.2. The van der Waals surface area contributed by atoms with Crippen LogP contribution in [0, 0.1) is 27.7 Å². The van der Waals surface area contributed by atoms with Crippen LogP contribution in [0.4, 0.5) is 0 Å². The predicted molar refractivity (Wildman–Crippen MR) is 87.4 cm³/mol. The summed E-state index contributed by atoms with van der Waals surface area (Å²) in [6, 6.07) is 3.73. The summed E-state index contributed by atoms with van der Waals surface area (Å²) in [5, 5.41) is 0. The largest absolute Gasteiger partial charge is 0.466 e. The third-order valence-corrected chi connectivity index (χ3v) is 3.82. The fraction of sp³-hybridized carbons (Fsp3) is 0.412. The van der Waals surface area contributed by atoms with Crippen molar-refractivity contribution in [3.63, 3.8) is 0 Å². The van der Waals surface area contributed by atoms with Gasteiger partial charge in [0.25, 0.3) is 11.8 Å². The van der Waals surface area contributed by atoms with E-state index in [0.29, 0.717) is 22.6 Å². The molecule has 2 aromatic heterocycles. The summed E-state index contributed by atoms with van der Waals surface area (Å²) >= 11 is 0. The molecule has 2 N–H and O–H groups in total. The quantitative estimate of drug-likeness (QED) is 0.855. The molecule has 0 aromatic carbocycles. The summed E-state index contributed by atoms with van der Waals surface area (Å²) in [4.78, 5) is 24.4. The Kier molecular flexibility index (Phi) is 4.63. The van der Waals surface area contributed by atoms with Crippen LogP contribution in [0.25, 0.3) is 0 Å². The van der Waals surface area contributed by atoms with Crippen molar-refractivity contribution in [3.05, 3.63) is 46.2 Å². The predicted octanol–water partition coefficient (Wildman–Crippen LogP) is 2.97. The molecule has 0 bridgehead atoms. The molecule has 2 amide bonds. The molecular weight excluding hydrogens is 294 g/mol. The second-order valence-electron chi connectivity index (χ2n) is 5.98. The number of rotatable bonds is 3. The summed E-state index contributed by atoms with van der Waals surface area (Å²) in [6.07, 6.45) is 0. The number of nitrogens with one attached hydrogen (secondary N) is 2. The Morgan fingerprint density at radius 1 is 1.00 bits per heavy atom. The van der Waals surface area contributed by atoms with E-state index in [1.165, 1.54) is 0 Å². The monoisotopic (exact) mass is 317 g/mol. The molecule has 0 aliphatic carbocycles. The van der Waals surface area contributed by atoms with Crippen molar-refractivity contribution in [1.29, 1.82) is 0 Å². The average Bonchev–Trinajstić information content (AvgIpc) is 2.94. The molecule has 0 spiro atoms. The molecule has 2 aromatic rings. The molecule has 124 valence electrons. The van der Waals surface area contributed by atoms with Gasteiger partial charge in [-0.2, -0.15) is 0 Å². The molecule has 6 nitrogen and oxygen atoms in total. The van der Waals surface area contributed by atoms with Gasteiger partial charge in [0.15, 0.2) is 0 Å². The minimum atomic E-state index is -0.398. The SMILES string of the molecule is Cc1cc(C(=O)NNC(=O)c2cc(C)n(C(C)C)c2C)c(C)o1. The Labute approximate surface area is 135 Å². The van der Waals surface area contributed by atoms with Crippen molar-refractivity contribution in [3.8, 4) is 0 Å². The van der Waals surface area contributed by atoms with E-state index in [9.17, 15) is 9.59 Å². The highest BCUT2D eigenvalue weighted by Gasteiger charge is 2.19. The zero-order valence-corrected chi connectivity index (χ0v) is 14.4. The molecule has 0 aliphatic rings. The van der Waals surface area contributed by atoms with Gasteiger partial charge in [0.2, 0.25) is 0 Å². The first kappa shape index (κ1) is 16.9. The second-order valence-corrected chi connectivity index (χ2v) is 5.98. The maximum atomic E-state index is 12.3. The molecule has 0 fully saturated rings. The summed E-state index contributed by atoms with van der Waals surface area (Å²) in [5.74, 6) is 0.438. The summed E-state index contributed by atoms with van der Waals surface area (Å²) in [5.41, 5.74) is 7.74. The molecular formula is C17H23N3O3. The van der Waals surface area contributed by atoms with Gasteiger partial charge >= 0.3 is 0 Å². The lowest BCUT2D eigenvalue weighted by molar-refractivity contribution is 0.0845. The fourth-order valence-electron chi connectivity index (χ4n) is 2.91. The van der Waals surface area contributed by atoms with Gasteiger partial charge in [0.1, 0.15) is 11.5 Å². The van der Waals surface area contributed by atoms with Crippen LogP contribution in [0.5, 0.6) is 0 Å². The molecule has 0 unspecified atom stereocenters. The van der Waals surface area contributed by atoms with Gasteiger partial charge in [-0.3, -0.25) is 20.4 Å². The maximum Gasteiger partial charge on any atom is 0.273 e. The number of hydrogen-bond acceptors (Lipinski definition) is 3. The van der Waals surface area contributed by atoms with Gasteiger partial charge < -0.3 is 8.98 Å². The topological polar surface area (TPSA) is 76.3 Å². The van der Waals surface area contributed by atoms with Gasteiger partial charge in [-0.1, -0.05) is 0 Å². The summed E-state index contributed by atoms with van der Waals surface area (Å²) < 4.78 is 7.40. The smallest absolute Gasteiger partial charge is 0.273 e. The fourth-order valence-corrected chi connectivity index (χ4v) is 2.91. The van der Waals surface area contributed by atoms with Crippen molar-refractivity contribution in [1.82, 2.24) is 15.4 Å². The first-order valence-electron chi connectivity index (χ1n) is 7.58. The Morgan fingerprint density at radius 2 is 1.57 bits per heavy atom. The van der Waals surface area contributed by atoms with Crippen LogP contribution in [0.1, 0.15) is 63.5 Å². The highest BCUT2D eigenvalue weighted by molar-refractivity contribution is 6.00. The van der Waals surface area contributed by atoms with Gasteiger partial charge in [-0.05, 0) is 53.7 Å². The zero-order chi connectivity index (χ0) is 17.3. The van der Waals surface area contributed by atoms with Crippen molar-refractivity contribution in [2.75, 3.05) is 0 Å². The lowest BCUT2D eigenvalue weighted by Gasteiger charge is -2.13. The lowest BCUT2D eigenvalue weighted by Crippen LogP contribution is -2.41. The number of aromatic nitrogens is 1. The summed E-state index contributed by atoms with van der Waals surface area (Å²) in [6.45, 7) is 11.5. The van der Waals surface area contributed by atoms with Crippen molar-refractivity contribution in [2.45, 2.75) is 47.6 Å². The zero-order valence-electron chi connectivity index (χ0n) is 14.4. The van der Waals surface area contributed by atoms with E-state index in [4.69, 9.17) is 4.42 Å². The van der Waals surface area contributed by atoms with Crippen molar-refractivity contribution in [2.24, 2.45) is 0 Å². The van der Waals surface area contributed by atoms with E-state index in [2.05, 4.69) is 29.3 Å². The standard InChI is InChI=1S/C17H23N3O3/c1-9(2)20-10(3)7-14(12(20)5)16(21)18-19-17(22)15-8-11(4)23-13(15)6/h7-9H,1-6H3,(H,18,21)(H,19,22). The first-order chi connectivity index (χ1) is 10.7. The van der Waals surface area contributed by atoms with Gasteiger partial charge in [0, 0.05) is 17.4 Å². The second kappa shape index (κ2) is 6.32. The number of amides is 2. The van der Waals surface area contributed by atoms with E-state index in [1.807, 2.05) is 19.9 Å². The molecule has 0 atom stereocenters. The van der Waals surface area contributed by atoms with Crippen LogP contribution in [-0.4, -0.2) is 16.4 Å². The minimum Gasteiger partial charge on any atom is -0.466 e. The Balaban J connectivity index is 2.10. The van der Waals surface area contributed by atoms with E-state index >= 15 is 0 Å². The maximum absolute atomic E-state index is 12.3. The van der Waals surface area contributed by atoms with E-state index in [1.54, 1.807) is 19.9 Å². The molecule has 0 saturated carbocycles. The number of carbonyl (C=O) groups is 2. The molecule has 0 saturated heterocycles. The summed E-state index contributed by atoms with van der Waals surface area (Å²) in [7, 11) is 0. The Bertz CT molecular complexity index is 753. The van der Waals surface area contributed by atoms with Crippen LogP contribution < -0.4 is 10.9 Å². The number of aryl methyl sites for hydroxylation is 3. The number of hydrogen-bond donors (Lipinski definition) is 2. The molecule has 2 heterocycles. The number of hydrazine groups is 1. The van der Waals surface area contributed by atoms with Crippen molar-refractivity contribution < 1.29 is 14.0 Å².